The van der Waals surface area contributed by atoms with Crippen LogP contribution in [-0.2, 0) is 0 Å². The van der Waals surface area contributed by atoms with Crippen molar-refractivity contribution in [3.05, 3.63) is 38.8 Å². The van der Waals surface area contributed by atoms with Crippen molar-refractivity contribution in [1.29, 1.82) is 0 Å². The van der Waals surface area contributed by atoms with E-state index in [2.05, 4.69) is 36.9 Å². The van der Waals surface area contributed by atoms with Gasteiger partial charge < -0.3 is 19.3 Å². The van der Waals surface area contributed by atoms with Crippen LogP contribution in [0, 0.1) is 0 Å². The molecule has 0 aliphatic rings. The van der Waals surface area contributed by atoms with Crippen LogP contribution in [0.5, 0.6) is 23.0 Å². The van der Waals surface area contributed by atoms with Crippen LogP contribution in [0.4, 0.5) is 5.69 Å². The number of hydrogen-bond donors (Lipinski definition) is 1. The van der Waals surface area contributed by atoms with E-state index in [1.807, 2.05) is 6.92 Å². The molecule has 7 heteroatoms. The fourth-order valence-corrected chi connectivity index (χ4v) is 2.87. The van der Waals surface area contributed by atoms with Gasteiger partial charge in [-0.3, -0.25) is 4.99 Å². The largest absolute Gasteiger partial charge is 0.504 e. The van der Waals surface area contributed by atoms with Crippen molar-refractivity contribution < 1.29 is 19.3 Å². The molecule has 2 rings (SSSR count). The van der Waals surface area contributed by atoms with Crippen LogP contribution in [-0.4, -0.2) is 32.1 Å². The predicted octanol–water partition coefficient (Wildman–Crippen LogP) is 5.08. The quantitative estimate of drug-likeness (QED) is 0.613. The average Bonchev–Trinajstić information content (AvgIpc) is 2.59. The average molecular weight is 459 g/mol. The number of aliphatic imine (C=N–C) groups is 1. The van der Waals surface area contributed by atoms with Gasteiger partial charge in [-0.2, -0.15) is 0 Å². The number of benzene rings is 2. The molecule has 0 unspecified atom stereocenters. The predicted molar refractivity (Wildman–Crippen MR) is 101 cm³/mol. The first kappa shape index (κ1) is 18.6. The molecule has 0 fully saturated rings. The van der Waals surface area contributed by atoms with E-state index in [0.29, 0.717) is 39.6 Å². The van der Waals surface area contributed by atoms with E-state index in [9.17, 15) is 5.11 Å². The minimum atomic E-state index is 0.0242. The summed E-state index contributed by atoms with van der Waals surface area (Å²) in [5.74, 6) is 1.62. The lowest BCUT2D eigenvalue weighted by Crippen LogP contribution is -1.96. The summed E-state index contributed by atoms with van der Waals surface area (Å²) in [5.41, 5.74) is 1.18. The van der Waals surface area contributed by atoms with Gasteiger partial charge in [0, 0.05) is 21.2 Å². The molecule has 0 spiro atoms. The summed E-state index contributed by atoms with van der Waals surface area (Å²) >= 11 is 6.88. The van der Waals surface area contributed by atoms with Crippen molar-refractivity contribution in [2.75, 3.05) is 20.8 Å². The molecule has 0 saturated heterocycles. The molecule has 0 radical (unpaired) electrons. The second kappa shape index (κ2) is 8.39. The highest BCUT2D eigenvalue weighted by Crippen LogP contribution is 2.40. The van der Waals surface area contributed by atoms with Gasteiger partial charge in [0.15, 0.2) is 23.0 Å². The number of ether oxygens (including phenoxy) is 3. The van der Waals surface area contributed by atoms with E-state index in [0.717, 1.165) is 4.47 Å². The Hall–Kier alpha value is -1.73. The van der Waals surface area contributed by atoms with E-state index in [1.54, 1.807) is 44.7 Å². The molecule has 128 valence electrons. The second-order valence-corrected chi connectivity index (χ2v) is 6.31. The van der Waals surface area contributed by atoms with Gasteiger partial charge in [-0.1, -0.05) is 0 Å². The SMILES string of the molecule is CCOc1cc(Br)c(Br)c(C=Nc2ccc(OC)c(OC)c2)c1O. The Bertz CT molecular complexity index is 763. The van der Waals surface area contributed by atoms with Gasteiger partial charge in [0.05, 0.1) is 32.1 Å². The molecule has 0 saturated carbocycles. The third-order valence-corrected chi connectivity index (χ3v) is 5.21. The number of methoxy groups -OCH3 is 2. The zero-order valence-electron chi connectivity index (χ0n) is 13.5. The number of rotatable bonds is 6. The maximum absolute atomic E-state index is 10.4. The molecule has 5 nitrogen and oxygen atoms in total. The topological polar surface area (TPSA) is 60.3 Å². The first-order valence-corrected chi connectivity index (χ1v) is 8.70. The fourth-order valence-electron chi connectivity index (χ4n) is 2.04. The monoisotopic (exact) mass is 457 g/mol. The van der Waals surface area contributed by atoms with Crippen LogP contribution in [0.15, 0.2) is 38.2 Å². The molecule has 0 amide bonds. The third kappa shape index (κ3) is 4.02. The van der Waals surface area contributed by atoms with Gasteiger partial charge in [-0.25, -0.2) is 0 Å². The molecule has 0 atom stereocenters. The molecule has 2 aromatic carbocycles. The summed E-state index contributed by atoms with van der Waals surface area (Å²) < 4.78 is 17.3. The lowest BCUT2D eigenvalue weighted by atomic mass is 10.2. The Morgan fingerprint density at radius 2 is 1.79 bits per heavy atom. The van der Waals surface area contributed by atoms with Crippen molar-refractivity contribution in [1.82, 2.24) is 0 Å². The number of aromatic hydroxyl groups is 1. The molecule has 0 aliphatic carbocycles. The molecule has 0 heterocycles. The number of halogens is 2. The van der Waals surface area contributed by atoms with Crippen LogP contribution in [0.2, 0.25) is 0 Å². The van der Waals surface area contributed by atoms with E-state index >= 15 is 0 Å². The van der Waals surface area contributed by atoms with Crippen molar-refractivity contribution in [3.63, 3.8) is 0 Å². The van der Waals surface area contributed by atoms with E-state index < -0.39 is 0 Å². The van der Waals surface area contributed by atoms with E-state index in [-0.39, 0.29) is 5.75 Å². The molecule has 24 heavy (non-hydrogen) atoms. The summed E-state index contributed by atoms with van der Waals surface area (Å²) in [7, 11) is 3.14. The highest BCUT2D eigenvalue weighted by Gasteiger charge is 2.14. The van der Waals surface area contributed by atoms with Gasteiger partial charge in [-0.15, -0.1) is 0 Å². The van der Waals surface area contributed by atoms with Crippen molar-refractivity contribution in [2.24, 2.45) is 4.99 Å². The van der Waals surface area contributed by atoms with Crippen LogP contribution < -0.4 is 14.2 Å². The lowest BCUT2D eigenvalue weighted by molar-refractivity contribution is 0.317. The Morgan fingerprint density at radius 1 is 1.08 bits per heavy atom. The molecule has 2 aromatic rings. The first-order valence-electron chi connectivity index (χ1n) is 7.11. The number of phenolic OH excluding ortho intramolecular Hbond substituents is 1. The summed E-state index contributed by atoms with van der Waals surface area (Å²) in [5, 5.41) is 10.4. The van der Waals surface area contributed by atoms with Crippen molar-refractivity contribution in [2.45, 2.75) is 6.92 Å². The van der Waals surface area contributed by atoms with Gasteiger partial charge in [0.1, 0.15) is 0 Å². The number of phenols is 1. The van der Waals surface area contributed by atoms with Gasteiger partial charge in [-0.05, 0) is 57.0 Å². The molecular formula is C17H17Br2NO4. The fraction of sp³-hybridized carbons (Fsp3) is 0.235. The summed E-state index contributed by atoms with van der Waals surface area (Å²) in [6, 6.07) is 7.02. The lowest BCUT2D eigenvalue weighted by Gasteiger charge is -2.11. The second-order valence-electron chi connectivity index (χ2n) is 4.66. The Labute approximate surface area is 157 Å². The van der Waals surface area contributed by atoms with Crippen LogP contribution in [0.1, 0.15) is 12.5 Å². The highest BCUT2D eigenvalue weighted by atomic mass is 79.9. The van der Waals surface area contributed by atoms with Crippen molar-refractivity contribution in [3.8, 4) is 23.0 Å². The van der Waals surface area contributed by atoms with E-state index in [1.165, 1.54) is 0 Å². The Morgan fingerprint density at radius 3 is 2.42 bits per heavy atom. The third-order valence-electron chi connectivity index (χ3n) is 3.20. The molecule has 0 bridgehead atoms. The Kier molecular flexibility index (Phi) is 6.51. The summed E-state index contributed by atoms with van der Waals surface area (Å²) in [6.45, 7) is 2.31. The minimum absolute atomic E-state index is 0.0242. The summed E-state index contributed by atoms with van der Waals surface area (Å²) in [6.07, 6.45) is 1.56. The maximum atomic E-state index is 10.4. The zero-order chi connectivity index (χ0) is 17.7. The van der Waals surface area contributed by atoms with Crippen LogP contribution in [0.25, 0.3) is 0 Å². The minimum Gasteiger partial charge on any atom is -0.504 e. The zero-order valence-corrected chi connectivity index (χ0v) is 16.6. The smallest absolute Gasteiger partial charge is 0.167 e. The number of hydrogen-bond acceptors (Lipinski definition) is 5. The normalized spacial score (nSPS) is 10.9. The standard InChI is InChI=1S/C17H17Br2NO4/c1-4-24-15-8-12(18)16(19)11(17(15)21)9-20-10-5-6-13(22-2)14(7-10)23-3/h5-9,21H,4H2,1-3H3. The molecule has 0 aliphatic heterocycles. The van der Waals surface area contributed by atoms with Crippen LogP contribution in [0.3, 0.4) is 0 Å². The highest BCUT2D eigenvalue weighted by molar-refractivity contribution is 9.13. The molecular weight excluding hydrogens is 442 g/mol. The van der Waals surface area contributed by atoms with Gasteiger partial charge in [0.2, 0.25) is 0 Å². The Balaban J connectivity index is 2.42. The van der Waals surface area contributed by atoms with Gasteiger partial charge >= 0.3 is 0 Å². The maximum Gasteiger partial charge on any atom is 0.167 e. The van der Waals surface area contributed by atoms with Crippen LogP contribution >= 0.6 is 31.9 Å². The first-order chi connectivity index (χ1) is 11.5. The summed E-state index contributed by atoms with van der Waals surface area (Å²) in [4.78, 5) is 4.40. The van der Waals surface area contributed by atoms with Gasteiger partial charge in [0.25, 0.3) is 0 Å². The molecule has 0 aromatic heterocycles. The number of nitrogens with zero attached hydrogens (tertiary/aromatic N) is 1. The van der Waals surface area contributed by atoms with E-state index in [4.69, 9.17) is 14.2 Å². The molecule has 1 N–H and O–H groups in total. The van der Waals surface area contributed by atoms with Crippen molar-refractivity contribution >= 4 is 43.8 Å².